The van der Waals surface area contributed by atoms with Gasteiger partial charge in [0.1, 0.15) is 22.0 Å². The third kappa shape index (κ3) is 7.00. The first-order chi connectivity index (χ1) is 17.7. The Kier molecular flexibility index (Phi) is 11.3. The summed E-state index contributed by atoms with van der Waals surface area (Å²) in [5, 5.41) is 14.4. The number of sulfone groups is 1. The number of aromatic nitrogens is 1. The number of morpholine rings is 1. The van der Waals surface area contributed by atoms with Gasteiger partial charge in [0, 0.05) is 47.6 Å². The number of hydrogen-bond donors (Lipinski definition) is 3. The molecule has 206 valence electrons. The van der Waals surface area contributed by atoms with Crippen LogP contribution in [0.4, 0.5) is 0 Å². The highest BCUT2D eigenvalue weighted by Crippen LogP contribution is 2.46. The van der Waals surface area contributed by atoms with Crippen LogP contribution < -0.4 is 10.1 Å². The van der Waals surface area contributed by atoms with Crippen LogP contribution in [0.1, 0.15) is 58.9 Å². The Labute approximate surface area is 221 Å². The summed E-state index contributed by atoms with van der Waals surface area (Å²) in [7, 11) is -1.91. The summed E-state index contributed by atoms with van der Waals surface area (Å²) in [6.07, 6.45) is 5.75. The summed E-state index contributed by atoms with van der Waals surface area (Å²) >= 11 is 0. The molecule has 2 fully saturated rings. The van der Waals surface area contributed by atoms with Crippen LogP contribution >= 0.6 is 0 Å². The number of methoxy groups -OCH3 is 1. The molecule has 0 radical (unpaired) electrons. The summed E-state index contributed by atoms with van der Waals surface area (Å²) in [6, 6.07) is 6.10. The van der Waals surface area contributed by atoms with Gasteiger partial charge in [0.05, 0.1) is 20.3 Å². The van der Waals surface area contributed by atoms with Crippen molar-refractivity contribution in [2.24, 2.45) is 9.98 Å². The molecule has 1 aliphatic carbocycles. The van der Waals surface area contributed by atoms with E-state index < -0.39 is 14.6 Å². The largest absolute Gasteiger partial charge is 0.511 e. The van der Waals surface area contributed by atoms with Crippen molar-refractivity contribution in [1.82, 2.24) is 10.3 Å². The van der Waals surface area contributed by atoms with E-state index in [-0.39, 0.29) is 17.3 Å². The molecule has 37 heavy (non-hydrogen) atoms. The standard InChI is InChI=1S/C19H23N3O4S.C6H13NO.C2H6/c1-12(23)17(19(7-5-8-19)27(4,24)25)22-18(20-2)15-10-13(26-3)11-16-14(15)6-9-21-16;1-2-6-5-8-4-3-7-6;1-2/h6,9-11,21,23H,2,5,7-8H2,1,3-4H3;6-7H,2-5H2,1H3;1-2H3/b17-12+,22-18?;;/t;6-;/m.1./s1. The van der Waals surface area contributed by atoms with Gasteiger partial charge in [-0.1, -0.05) is 20.8 Å². The molecule has 2 heterocycles. The molecule has 9 nitrogen and oxygen atoms in total. The van der Waals surface area contributed by atoms with Gasteiger partial charge in [-0.3, -0.25) is 0 Å². The average molecular weight is 535 g/mol. The van der Waals surface area contributed by atoms with E-state index >= 15 is 0 Å². The number of aliphatic hydroxyl groups excluding tert-OH is 1. The summed E-state index contributed by atoms with van der Waals surface area (Å²) in [5.74, 6) is 0.704. The number of aliphatic imine (C=N–C) groups is 2. The predicted octanol–water partition coefficient (Wildman–Crippen LogP) is 4.79. The lowest BCUT2D eigenvalue weighted by atomic mass is 9.81. The van der Waals surface area contributed by atoms with Gasteiger partial charge in [0.25, 0.3) is 0 Å². The van der Waals surface area contributed by atoms with Crippen molar-refractivity contribution in [2.75, 3.05) is 33.1 Å². The van der Waals surface area contributed by atoms with Crippen LogP contribution in [-0.2, 0) is 14.6 Å². The van der Waals surface area contributed by atoms with Gasteiger partial charge in [-0.2, -0.15) is 0 Å². The highest BCUT2D eigenvalue weighted by atomic mass is 32.2. The normalized spacial score (nSPS) is 19.8. The van der Waals surface area contributed by atoms with Crippen LogP contribution in [0, 0.1) is 0 Å². The van der Waals surface area contributed by atoms with Gasteiger partial charge >= 0.3 is 0 Å². The second-order valence-electron chi connectivity index (χ2n) is 8.90. The van der Waals surface area contributed by atoms with E-state index in [0.717, 1.165) is 37.1 Å². The third-order valence-corrected chi connectivity index (χ3v) is 8.64. The molecule has 3 N–H and O–H groups in total. The molecule has 2 aromatic rings. The smallest absolute Gasteiger partial charge is 0.159 e. The van der Waals surface area contributed by atoms with E-state index in [4.69, 9.17) is 9.47 Å². The Morgan fingerprint density at radius 1 is 1.32 bits per heavy atom. The topological polar surface area (TPSA) is 125 Å². The number of ether oxygens (including phenoxy) is 2. The maximum absolute atomic E-state index is 12.5. The van der Waals surface area contributed by atoms with Crippen molar-refractivity contribution in [2.45, 2.75) is 64.2 Å². The van der Waals surface area contributed by atoms with Crippen LogP contribution in [0.5, 0.6) is 5.75 Å². The van der Waals surface area contributed by atoms with Crippen LogP contribution in [0.3, 0.4) is 0 Å². The zero-order chi connectivity index (χ0) is 27.6. The molecule has 1 aliphatic heterocycles. The Morgan fingerprint density at radius 3 is 2.46 bits per heavy atom. The molecule has 0 unspecified atom stereocenters. The Bertz CT molecular complexity index is 1200. The van der Waals surface area contributed by atoms with E-state index in [2.05, 4.69) is 33.9 Å². The van der Waals surface area contributed by atoms with Gasteiger partial charge in [-0.25, -0.2) is 18.4 Å². The Hall–Kier alpha value is -2.69. The predicted molar refractivity (Wildman–Crippen MR) is 152 cm³/mol. The van der Waals surface area contributed by atoms with Gasteiger partial charge < -0.3 is 24.9 Å². The number of allylic oxidation sites excluding steroid dienone is 1. The van der Waals surface area contributed by atoms with Gasteiger partial charge in [-0.05, 0) is 51.5 Å². The number of nitrogens with one attached hydrogen (secondary N) is 2. The zero-order valence-electron chi connectivity index (χ0n) is 22.9. The fourth-order valence-electron chi connectivity index (χ4n) is 4.41. The Morgan fingerprint density at radius 2 is 2.03 bits per heavy atom. The molecule has 1 saturated carbocycles. The van der Waals surface area contributed by atoms with Crippen LogP contribution in [0.2, 0.25) is 0 Å². The number of hydrogen-bond acceptors (Lipinski definition) is 7. The number of amidine groups is 1. The molecule has 1 aromatic heterocycles. The van der Waals surface area contributed by atoms with Crippen molar-refractivity contribution >= 4 is 33.3 Å². The molecular weight excluding hydrogens is 492 g/mol. The minimum Gasteiger partial charge on any atom is -0.511 e. The first-order valence-corrected chi connectivity index (χ1v) is 14.7. The van der Waals surface area contributed by atoms with Crippen molar-refractivity contribution in [3.05, 3.63) is 41.4 Å². The third-order valence-electron chi connectivity index (χ3n) is 6.62. The molecule has 0 bridgehead atoms. The SMILES string of the molecule is C=NC(=N/C(=C(\C)O)C1(S(C)(=O)=O)CCC1)c1cc(OC)cc2[nH]ccc12.CC.CC[C@@H]1COCCN1. The van der Waals surface area contributed by atoms with Crippen molar-refractivity contribution in [3.8, 4) is 5.75 Å². The zero-order valence-corrected chi connectivity index (χ0v) is 23.7. The maximum atomic E-state index is 12.5. The van der Waals surface area contributed by atoms with Crippen molar-refractivity contribution in [3.63, 3.8) is 0 Å². The number of H-pyrrole nitrogens is 1. The van der Waals surface area contributed by atoms with Crippen LogP contribution in [0.15, 0.2) is 45.8 Å². The minimum absolute atomic E-state index is 0.130. The Balaban J connectivity index is 0.000000406. The summed E-state index contributed by atoms with van der Waals surface area (Å²) < 4.78 is 34.3. The second-order valence-corrected chi connectivity index (χ2v) is 11.2. The van der Waals surface area contributed by atoms with E-state index in [1.54, 1.807) is 19.4 Å². The van der Waals surface area contributed by atoms with Crippen LogP contribution in [-0.4, -0.2) is 75.0 Å². The molecule has 0 amide bonds. The fraction of sp³-hybridized carbons (Fsp3) is 0.556. The van der Waals surface area contributed by atoms with Crippen molar-refractivity contribution < 1.29 is 23.0 Å². The minimum atomic E-state index is -3.47. The van der Waals surface area contributed by atoms with E-state index in [1.807, 2.05) is 26.0 Å². The molecule has 1 aromatic carbocycles. The van der Waals surface area contributed by atoms with Gasteiger partial charge in [0.2, 0.25) is 0 Å². The molecule has 4 rings (SSSR count). The molecule has 2 aliphatic rings. The average Bonchev–Trinajstić information content (AvgIpc) is 3.35. The second kappa shape index (κ2) is 13.7. The number of fused-ring (bicyclic) bond motifs is 1. The molecule has 0 spiro atoms. The lowest BCUT2D eigenvalue weighted by molar-refractivity contribution is 0.0758. The van der Waals surface area contributed by atoms with Gasteiger partial charge in [0.15, 0.2) is 15.7 Å². The quantitative estimate of drug-likeness (QED) is 0.278. The molecule has 1 saturated heterocycles. The first kappa shape index (κ1) is 30.5. The first-order valence-electron chi connectivity index (χ1n) is 12.8. The molecule has 1 atom stereocenters. The highest BCUT2D eigenvalue weighted by molar-refractivity contribution is 7.92. The summed E-state index contributed by atoms with van der Waals surface area (Å²) in [6.45, 7) is 14.0. The summed E-state index contributed by atoms with van der Waals surface area (Å²) in [5.41, 5.74) is 1.60. The van der Waals surface area contributed by atoms with E-state index in [9.17, 15) is 13.5 Å². The number of benzene rings is 1. The molecular formula is C27H42N4O5S. The van der Waals surface area contributed by atoms with E-state index in [0.29, 0.717) is 30.2 Å². The highest BCUT2D eigenvalue weighted by Gasteiger charge is 2.51. The van der Waals surface area contributed by atoms with Crippen LogP contribution in [0.25, 0.3) is 10.9 Å². The van der Waals surface area contributed by atoms with Crippen molar-refractivity contribution in [1.29, 1.82) is 0 Å². The fourth-order valence-corrected chi connectivity index (χ4v) is 5.98. The lowest BCUT2D eigenvalue weighted by Gasteiger charge is -2.40. The summed E-state index contributed by atoms with van der Waals surface area (Å²) in [4.78, 5) is 11.6. The number of aliphatic hydroxyl groups is 1. The lowest BCUT2D eigenvalue weighted by Crippen LogP contribution is -2.46. The number of aromatic amines is 1. The van der Waals surface area contributed by atoms with Gasteiger partial charge in [-0.15, -0.1) is 0 Å². The monoisotopic (exact) mass is 534 g/mol. The molecule has 10 heteroatoms. The maximum Gasteiger partial charge on any atom is 0.159 e. The van der Waals surface area contributed by atoms with E-state index in [1.165, 1.54) is 19.6 Å². The number of nitrogens with zero attached hydrogens (tertiary/aromatic N) is 2. The number of rotatable bonds is 6.